The average Bonchev–Trinajstić information content (AvgIpc) is 3.43. The van der Waals surface area contributed by atoms with Gasteiger partial charge in [0.1, 0.15) is 0 Å². The molecule has 0 aliphatic rings. The summed E-state index contributed by atoms with van der Waals surface area (Å²) in [6.45, 7) is 9.07. The van der Waals surface area contributed by atoms with Gasteiger partial charge in [-0.3, -0.25) is 0 Å². The maximum absolute atomic E-state index is 10.2. The zero-order valence-electron chi connectivity index (χ0n) is 55.9. The summed E-state index contributed by atoms with van der Waals surface area (Å²) < 4.78 is 0. The van der Waals surface area contributed by atoms with Crippen molar-refractivity contribution in [3.05, 3.63) is 0 Å². The standard InChI is InChI=1S/4C18H36O2.Cd.Zn/c4*1-2-3-4-5-6-7-8-9-10-11-12-13-14-15-16-17-18(19)20;;/h4*2-17H2,1H3,(H,19,20);;/q;;;;2*+2/p-4. The second-order valence-electron chi connectivity index (χ2n) is 24.3. The average molecular weight is 1310 g/mol. The van der Waals surface area contributed by atoms with Crippen LogP contribution in [0.15, 0.2) is 0 Å². The third-order valence-corrected chi connectivity index (χ3v) is 15.9. The van der Waals surface area contributed by atoms with Crippen LogP contribution in [0.5, 0.6) is 0 Å². The Balaban J connectivity index is -0.000000233. The quantitative estimate of drug-likeness (QED) is 0.0430. The molecule has 0 amide bonds. The van der Waals surface area contributed by atoms with E-state index in [1.54, 1.807) is 0 Å². The Labute approximate surface area is 545 Å². The second-order valence-corrected chi connectivity index (χ2v) is 24.3. The van der Waals surface area contributed by atoms with E-state index in [4.69, 9.17) is 0 Å². The van der Waals surface area contributed by atoms with Crippen LogP contribution in [0.3, 0.4) is 0 Å². The minimum atomic E-state index is -0.903. The van der Waals surface area contributed by atoms with Gasteiger partial charge < -0.3 is 39.6 Å². The summed E-state index contributed by atoms with van der Waals surface area (Å²) in [6.07, 6.45) is 79.4. The van der Waals surface area contributed by atoms with Crippen molar-refractivity contribution in [3.8, 4) is 0 Å². The third kappa shape index (κ3) is 107. The number of carboxylic acids is 4. The van der Waals surface area contributed by atoms with Crippen molar-refractivity contribution in [2.75, 3.05) is 0 Å². The molecule has 82 heavy (non-hydrogen) atoms. The molecule has 0 fully saturated rings. The zero-order valence-corrected chi connectivity index (χ0v) is 62.9. The molecular weight excluding hydrogens is 1170 g/mol. The maximum atomic E-state index is 10.2. The summed E-state index contributed by atoms with van der Waals surface area (Å²) in [5, 5.41) is 40.9. The molecule has 0 aliphatic carbocycles. The molecule has 0 aromatic carbocycles. The normalized spacial score (nSPS) is 10.6. The van der Waals surface area contributed by atoms with Crippen molar-refractivity contribution < 1.29 is 86.4 Å². The molecule has 10 heteroatoms. The number of aliphatic carboxylic acids is 4. The molecule has 0 heterocycles. The number of hydrogen-bond acceptors (Lipinski definition) is 8. The molecule has 0 atom stereocenters. The predicted octanol–water partition coefficient (Wildman–Crippen LogP) is 20.0. The Morgan fingerprint density at radius 1 is 0.171 bits per heavy atom. The van der Waals surface area contributed by atoms with Gasteiger partial charge in [-0.05, 0) is 51.4 Å². The van der Waals surface area contributed by atoms with E-state index < -0.39 is 23.9 Å². The van der Waals surface area contributed by atoms with Crippen LogP contribution in [0.4, 0.5) is 0 Å². The van der Waals surface area contributed by atoms with Crippen LogP contribution in [-0.4, -0.2) is 23.9 Å². The van der Waals surface area contributed by atoms with Crippen molar-refractivity contribution in [2.24, 2.45) is 0 Å². The number of carbonyl (C=O) groups excluding carboxylic acids is 4. The first kappa shape index (κ1) is 92.6. The minimum Gasteiger partial charge on any atom is -0.550 e. The predicted molar refractivity (Wildman–Crippen MR) is 338 cm³/mol. The Kier molecular flexibility index (Phi) is 101. The smallest absolute Gasteiger partial charge is 0.550 e. The van der Waals surface area contributed by atoms with E-state index in [1.807, 2.05) is 0 Å². The molecular formula is C72H140CdO8Zn. The number of carbonyl (C=O) groups is 4. The molecule has 0 spiro atoms. The molecule has 0 unspecified atom stereocenters. The first-order valence-electron chi connectivity index (χ1n) is 35.9. The summed E-state index contributed by atoms with van der Waals surface area (Å²) in [5.41, 5.74) is 0. The first-order valence-corrected chi connectivity index (χ1v) is 35.9. The van der Waals surface area contributed by atoms with Gasteiger partial charge in [0.2, 0.25) is 0 Å². The number of carboxylic acid groups (broad SMARTS) is 4. The molecule has 0 rings (SSSR count). The van der Waals surface area contributed by atoms with Crippen molar-refractivity contribution in [2.45, 2.75) is 439 Å². The van der Waals surface area contributed by atoms with Crippen LogP contribution in [0.25, 0.3) is 0 Å². The Bertz CT molecular complexity index is 998. The van der Waals surface area contributed by atoms with E-state index in [0.29, 0.717) is 0 Å². The molecule has 0 saturated heterocycles. The molecule has 0 saturated carbocycles. The fraction of sp³-hybridized carbons (Fsp3) is 0.944. The van der Waals surface area contributed by atoms with Crippen LogP contribution in [0.2, 0.25) is 0 Å². The number of rotatable bonds is 64. The topological polar surface area (TPSA) is 161 Å². The monoisotopic (exact) mass is 1310 g/mol. The van der Waals surface area contributed by atoms with E-state index >= 15 is 0 Å². The van der Waals surface area contributed by atoms with Gasteiger partial charge in [0, 0.05) is 23.9 Å². The third-order valence-electron chi connectivity index (χ3n) is 15.9. The van der Waals surface area contributed by atoms with Crippen molar-refractivity contribution >= 4 is 23.9 Å². The minimum absolute atomic E-state index is 0. The molecule has 0 bridgehead atoms. The molecule has 0 aromatic rings. The van der Waals surface area contributed by atoms with Crippen molar-refractivity contribution in [1.82, 2.24) is 0 Å². The molecule has 0 N–H and O–H groups in total. The molecule has 0 radical (unpaired) electrons. The maximum Gasteiger partial charge on any atom is 2.00 e. The Hall–Kier alpha value is -0.575. The van der Waals surface area contributed by atoms with E-state index in [1.165, 1.54) is 334 Å². The van der Waals surface area contributed by atoms with E-state index in [2.05, 4.69) is 27.7 Å². The van der Waals surface area contributed by atoms with Crippen molar-refractivity contribution in [3.63, 3.8) is 0 Å². The fourth-order valence-electron chi connectivity index (χ4n) is 10.6. The van der Waals surface area contributed by atoms with E-state index in [0.717, 1.165) is 51.4 Å². The largest absolute Gasteiger partial charge is 2.00 e. The first-order chi connectivity index (χ1) is 39.1. The van der Waals surface area contributed by atoms with Gasteiger partial charge >= 0.3 is 46.8 Å². The van der Waals surface area contributed by atoms with Gasteiger partial charge in [0.15, 0.2) is 0 Å². The van der Waals surface area contributed by atoms with Gasteiger partial charge in [0.05, 0.1) is 0 Å². The zero-order chi connectivity index (χ0) is 59.6. The van der Waals surface area contributed by atoms with Crippen LogP contribution in [0, 0.1) is 0 Å². The summed E-state index contributed by atoms with van der Waals surface area (Å²) in [7, 11) is 0. The SMILES string of the molecule is CCCCCCCCCCCCCCCCCC(=O)[O-].CCCCCCCCCCCCCCCCCC(=O)[O-].CCCCCCCCCCCCCCCCCC(=O)[O-].CCCCCCCCCCCCCCCCCC(=O)[O-].[Cd+2].[Zn+2]. The van der Waals surface area contributed by atoms with Gasteiger partial charge in [-0.25, -0.2) is 0 Å². The number of hydrogen-bond donors (Lipinski definition) is 0. The molecule has 0 aromatic heterocycles. The van der Waals surface area contributed by atoms with Crippen molar-refractivity contribution in [1.29, 1.82) is 0 Å². The van der Waals surface area contributed by atoms with Gasteiger partial charge in [-0.15, -0.1) is 0 Å². The van der Waals surface area contributed by atoms with Crippen LogP contribution in [0.1, 0.15) is 439 Å². The van der Waals surface area contributed by atoms with Gasteiger partial charge in [0.25, 0.3) is 0 Å². The van der Waals surface area contributed by atoms with Gasteiger partial charge in [-0.1, -0.05) is 387 Å². The molecule has 0 aliphatic heterocycles. The van der Waals surface area contributed by atoms with E-state index in [-0.39, 0.29) is 72.5 Å². The Morgan fingerprint density at radius 2 is 0.244 bits per heavy atom. The Morgan fingerprint density at radius 3 is 0.317 bits per heavy atom. The summed E-state index contributed by atoms with van der Waals surface area (Å²) in [4.78, 5) is 40.9. The number of unbranched alkanes of at least 4 members (excludes halogenated alkanes) is 56. The van der Waals surface area contributed by atoms with Crippen LogP contribution in [-0.2, 0) is 66.0 Å². The van der Waals surface area contributed by atoms with Crippen LogP contribution < -0.4 is 20.4 Å². The van der Waals surface area contributed by atoms with Gasteiger partial charge in [-0.2, -0.15) is 0 Å². The summed E-state index contributed by atoms with van der Waals surface area (Å²) in [6, 6.07) is 0. The fourth-order valence-corrected chi connectivity index (χ4v) is 10.6. The van der Waals surface area contributed by atoms with E-state index in [9.17, 15) is 39.6 Å². The second kappa shape index (κ2) is 89.2. The summed E-state index contributed by atoms with van der Waals surface area (Å²) >= 11 is 0. The van der Waals surface area contributed by atoms with Crippen LogP contribution >= 0.6 is 0 Å². The molecule has 480 valence electrons. The molecule has 8 nitrogen and oxygen atoms in total. The summed E-state index contributed by atoms with van der Waals surface area (Å²) in [5.74, 6) is -3.61.